The molecule has 0 aromatic heterocycles. The van der Waals surface area contributed by atoms with Gasteiger partial charge in [-0.2, -0.15) is 0 Å². The lowest BCUT2D eigenvalue weighted by Gasteiger charge is -2.41. The van der Waals surface area contributed by atoms with E-state index in [1.54, 1.807) is 7.11 Å². The first-order chi connectivity index (χ1) is 15.8. The van der Waals surface area contributed by atoms with Crippen LogP contribution >= 0.6 is 0 Å². The molecule has 1 heterocycles. The van der Waals surface area contributed by atoms with Crippen molar-refractivity contribution >= 4 is 15.7 Å². The van der Waals surface area contributed by atoms with Crippen LogP contribution in [0, 0.1) is 5.92 Å². The normalized spacial score (nSPS) is 25.1. The number of ether oxygens (including phenoxy) is 1. The fraction of sp³-hybridized carbons (Fsp3) is 0.538. The zero-order valence-electron chi connectivity index (χ0n) is 20.1. The van der Waals surface area contributed by atoms with Crippen molar-refractivity contribution < 1.29 is 13.2 Å². The summed E-state index contributed by atoms with van der Waals surface area (Å²) < 4.78 is 31.9. The Hall–Kier alpha value is -2.09. The molecule has 6 nitrogen and oxygen atoms in total. The monoisotopic (exact) mass is 471 g/mol. The van der Waals surface area contributed by atoms with E-state index in [-0.39, 0.29) is 18.1 Å². The highest BCUT2D eigenvalue weighted by atomic mass is 32.2. The molecule has 2 aromatic rings. The van der Waals surface area contributed by atoms with Crippen molar-refractivity contribution in [2.24, 2.45) is 5.92 Å². The SMILES string of the molecule is COc1ccc(N(C(C)C)S(C)(=O)=O)cc1CNC1CC2CCCC2NC1c1ccccc1. The molecule has 2 aliphatic rings. The summed E-state index contributed by atoms with van der Waals surface area (Å²) in [5, 5.41) is 7.73. The number of benzene rings is 2. The minimum atomic E-state index is -3.38. The van der Waals surface area contributed by atoms with Crippen molar-refractivity contribution in [2.45, 2.75) is 70.2 Å². The molecule has 4 unspecified atom stereocenters. The largest absolute Gasteiger partial charge is 0.496 e. The van der Waals surface area contributed by atoms with Gasteiger partial charge in [0.25, 0.3) is 0 Å². The number of sulfonamides is 1. The summed E-state index contributed by atoms with van der Waals surface area (Å²) in [6, 6.07) is 17.3. The minimum Gasteiger partial charge on any atom is -0.496 e. The van der Waals surface area contributed by atoms with Gasteiger partial charge in [0.15, 0.2) is 0 Å². The maximum Gasteiger partial charge on any atom is 0.232 e. The molecule has 0 spiro atoms. The summed E-state index contributed by atoms with van der Waals surface area (Å²) in [6.07, 6.45) is 6.23. The van der Waals surface area contributed by atoms with E-state index in [9.17, 15) is 8.42 Å². The van der Waals surface area contributed by atoms with E-state index in [0.717, 1.165) is 17.7 Å². The van der Waals surface area contributed by atoms with Crippen LogP contribution in [0.3, 0.4) is 0 Å². The number of nitrogens with zero attached hydrogens (tertiary/aromatic N) is 1. The molecule has 0 bridgehead atoms. The third-order valence-corrected chi connectivity index (χ3v) is 8.42. The van der Waals surface area contributed by atoms with Gasteiger partial charge in [0, 0.05) is 36.3 Å². The van der Waals surface area contributed by atoms with Gasteiger partial charge in [0.2, 0.25) is 10.0 Å². The second-order valence-corrected chi connectivity index (χ2v) is 11.6. The molecule has 1 saturated heterocycles. The Morgan fingerprint density at radius 3 is 2.58 bits per heavy atom. The molecule has 180 valence electrons. The van der Waals surface area contributed by atoms with Crippen molar-refractivity contribution in [2.75, 3.05) is 17.7 Å². The first-order valence-electron chi connectivity index (χ1n) is 12.0. The number of rotatable bonds is 8. The average Bonchev–Trinajstić information content (AvgIpc) is 3.24. The van der Waals surface area contributed by atoms with E-state index in [0.29, 0.717) is 24.2 Å². The zero-order valence-corrected chi connectivity index (χ0v) is 20.9. The molecule has 1 aliphatic carbocycles. The highest BCUT2D eigenvalue weighted by Crippen LogP contribution is 2.38. The van der Waals surface area contributed by atoms with Gasteiger partial charge in [-0.15, -0.1) is 0 Å². The van der Waals surface area contributed by atoms with Gasteiger partial charge in [-0.05, 0) is 62.8 Å². The summed E-state index contributed by atoms with van der Waals surface area (Å²) >= 11 is 0. The molecule has 0 radical (unpaired) electrons. The highest BCUT2D eigenvalue weighted by Gasteiger charge is 2.39. The average molecular weight is 472 g/mol. The van der Waals surface area contributed by atoms with Crippen LogP contribution in [-0.2, 0) is 16.6 Å². The van der Waals surface area contributed by atoms with Crippen LogP contribution in [0.15, 0.2) is 48.5 Å². The third kappa shape index (κ3) is 5.36. The zero-order chi connectivity index (χ0) is 23.6. The molecule has 1 saturated carbocycles. The molecule has 4 atom stereocenters. The molecular weight excluding hydrogens is 434 g/mol. The van der Waals surface area contributed by atoms with E-state index in [2.05, 4.69) is 41.0 Å². The topological polar surface area (TPSA) is 70.7 Å². The maximum atomic E-state index is 12.4. The van der Waals surface area contributed by atoms with E-state index in [4.69, 9.17) is 4.74 Å². The molecule has 2 N–H and O–H groups in total. The lowest BCUT2D eigenvalue weighted by atomic mass is 9.83. The fourth-order valence-corrected chi connectivity index (χ4v) is 6.95. The number of anilines is 1. The second kappa shape index (κ2) is 10.0. The highest BCUT2D eigenvalue weighted by molar-refractivity contribution is 7.92. The van der Waals surface area contributed by atoms with Crippen LogP contribution in [-0.4, -0.2) is 39.9 Å². The van der Waals surface area contributed by atoms with Gasteiger partial charge < -0.3 is 15.4 Å². The first-order valence-corrected chi connectivity index (χ1v) is 13.8. The van der Waals surface area contributed by atoms with Gasteiger partial charge in [-0.1, -0.05) is 36.8 Å². The van der Waals surface area contributed by atoms with E-state index >= 15 is 0 Å². The molecular formula is C26H37N3O3S. The minimum absolute atomic E-state index is 0.168. The van der Waals surface area contributed by atoms with Crippen molar-refractivity contribution in [1.82, 2.24) is 10.6 Å². The number of piperidine rings is 1. The van der Waals surface area contributed by atoms with Crippen molar-refractivity contribution in [3.63, 3.8) is 0 Å². The summed E-state index contributed by atoms with van der Waals surface area (Å²) in [7, 11) is -1.72. The standard InChI is InChI=1S/C26H37N3O3S/c1-18(2)29(33(4,30)31)22-13-14-25(32-3)21(15-22)17-27-24-16-20-11-8-12-23(20)28-26(24)19-9-6-5-7-10-19/h5-7,9-10,13-15,18,20,23-24,26-28H,8,11-12,16-17H2,1-4H3. The number of hydrogen-bond acceptors (Lipinski definition) is 5. The van der Waals surface area contributed by atoms with Crippen molar-refractivity contribution in [3.05, 3.63) is 59.7 Å². The second-order valence-electron chi connectivity index (χ2n) is 9.72. The quantitative estimate of drug-likeness (QED) is 0.603. The number of hydrogen-bond donors (Lipinski definition) is 2. The van der Waals surface area contributed by atoms with Crippen molar-refractivity contribution in [1.29, 1.82) is 0 Å². The summed E-state index contributed by atoms with van der Waals surface area (Å²) in [5.74, 6) is 1.47. The molecule has 33 heavy (non-hydrogen) atoms. The molecule has 2 fully saturated rings. The Labute approximate surface area is 198 Å². The summed E-state index contributed by atoms with van der Waals surface area (Å²) in [4.78, 5) is 0. The van der Waals surface area contributed by atoms with Gasteiger partial charge in [0.05, 0.1) is 19.1 Å². The summed E-state index contributed by atoms with van der Waals surface area (Å²) in [6.45, 7) is 4.39. The fourth-order valence-electron chi connectivity index (χ4n) is 5.69. The lowest BCUT2D eigenvalue weighted by molar-refractivity contribution is 0.201. The number of nitrogens with one attached hydrogen (secondary N) is 2. The lowest BCUT2D eigenvalue weighted by Crippen LogP contribution is -2.52. The van der Waals surface area contributed by atoms with E-state index in [1.165, 1.54) is 35.4 Å². The predicted octanol–water partition coefficient (Wildman–Crippen LogP) is 4.23. The Bertz CT molecular complexity index is 1040. The predicted molar refractivity (Wildman–Crippen MR) is 134 cm³/mol. The van der Waals surface area contributed by atoms with Gasteiger partial charge >= 0.3 is 0 Å². The molecule has 4 rings (SSSR count). The van der Waals surface area contributed by atoms with E-state index < -0.39 is 10.0 Å². The smallest absolute Gasteiger partial charge is 0.232 e. The third-order valence-electron chi connectivity index (χ3n) is 7.07. The van der Waals surface area contributed by atoms with Gasteiger partial charge in [0.1, 0.15) is 5.75 Å². The first kappa shape index (κ1) is 24.0. The molecule has 0 amide bonds. The van der Waals surface area contributed by atoms with Crippen LogP contribution in [0.2, 0.25) is 0 Å². The Morgan fingerprint density at radius 1 is 1.15 bits per heavy atom. The maximum absolute atomic E-state index is 12.4. The number of methoxy groups -OCH3 is 1. The van der Waals surface area contributed by atoms with E-state index in [1.807, 2.05) is 32.0 Å². The summed E-state index contributed by atoms with van der Waals surface area (Å²) in [5.41, 5.74) is 2.94. The van der Waals surface area contributed by atoms with Crippen LogP contribution in [0.25, 0.3) is 0 Å². The van der Waals surface area contributed by atoms with Crippen LogP contribution in [0.1, 0.15) is 56.7 Å². The van der Waals surface area contributed by atoms with Crippen molar-refractivity contribution in [3.8, 4) is 5.75 Å². The molecule has 7 heteroatoms. The molecule has 1 aliphatic heterocycles. The van der Waals surface area contributed by atoms with Gasteiger partial charge in [-0.3, -0.25) is 4.31 Å². The molecule has 2 aromatic carbocycles. The van der Waals surface area contributed by atoms with Crippen LogP contribution in [0.4, 0.5) is 5.69 Å². The van der Waals surface area contributed by atoms with Gasteiger partial charge in [-0.25, -0.2) is 8.42 Å². The van der Waals surface area contributed by atoms with Crippen LogP contribution in [0.5, 0.6) is 5.75 Å². The van der Waals surface area contributed by atoms with Crippen LogP contribution < -0.4 is 19.7 Å². The Morgan fingerprint density at radius 2 is 1.91 bits per heavy atom. The Kier molecular flexibility index (Phi) is 7.31. The number of fused-ring (bicyclic) bond motifs is 1. The Balaban J connectivity index is 1.58.